The molecule has 10 atom stereocenters. The second kappa shape index (κ2) is 16.2. The van der Waals surface area contributed by atoms with Crippen LogP contribution >= 0.6 is 11.8 Å². The number of aliphatic hydroxyl groups is 2. The number of hydrogen-bond donors (Lipinski definition) is 2. The van der Waals surface area contributed by atoms with E-state index in [0.717, 1.165) is 46.4 Å². The van der Waals surface area contributed by atoms with Gasteiger partial charge in [-0.2, -0.15) is 0 Å². The van der Waals surface area contributed by atoms with Gasteiger partial charge in [-0.3, -0.25) is 24.0 Å². The SMILES string of the molecule is CC(=O)O[C@@H]1[C@@H](OC(C)=O)[C@H](OC[C@H]2O[C@@H](Sc3ccccc3)[C@H](OC(C)=O)[C@@H](OC(C)=O)[C@@H]2O)O[C@H](CO)[C@H]1OC(C)=O. The van der Waals surface area contributed by atoms with E-state index in [1.165, 1.54) is 0 Å². The summed E-state index contributed by atoms with van der Waals surface area (Å²) < 4.78 is 44.5. The van der Waals surface area contributed by atoms with Crippen LogP contribution in [0, 0.1) is 0 Å². The molecule has 2 aliphatic heterocycles. The fourth-order valence-corrected chi connectivity index (χ4v) is 5.85. The molecule has 2 saturated heterocycles. The van der Waals surface area contributed by atoms with Gasteiger partial charge >= 0.3 is 29.8 Å². The summed E-state index contributed by atoms with van der Waals surface area (Å²) in [6.07, 6.45) is -12.5. The number of aliphatic hydroxyl groups excluding tert-OH is 2. The molecule has 0 unspecified atom stereocenters. The lowest BCUT2D eigenvalue weighted by molar-refractivity contribution is -0.317. The third-order valence-electron chi connectivity index (χ3n) is 6.32. The average molecular weight is 645 g/mol. The molecule has 1 aromatic carbocycles. The molecule has 15 nitrogen and oxygen atoms in total. The van der Waals surface area contributed by atoms with Crippen LogP contribution in [0.5, 0.6) is 0 Å². The second-order valence-corrected chi connectivity index (χ2v) is 11.1. The Labute approximate surface area is 257 Å². The molecule has 0 aromatic heterocycles. The van der Waals surface area contributed by atoms with Crippen LogP contribution < -0.4 is 0 Å². The van der Waals surface area contributed by atoms with Crippen LogP contribution in [0.15, 0.2) is 35.2 Å². The van der Waals surface area contributed by atoms with Crippen molar-refractivity contribution in [3.05, 3.63) is 30.3 Å². The summed E-state index contributed by atoms with van der Waals surface area (Å²) in [5, 5.41) is 21.2. The van der Waals surface area contributed by atoms with Crippen LogP contribution in [0.1, 0.15) is 34.6 Å². The molecule has 0 amide bonds. The predicted octanol–water partition coefficient (Wildman–Crippen LogP) is 0.257. The van der Waals surface area contributed by atoms with Crippen molar-refractivity contribution >= 4 is 41.6 Å². The van der Waals surface area contributed by atoms with Gasteiger partial charge in [-0.05, 0) is 12.1 Å². The van der Waals surface area contributed by atoms with Gasteiger partial charge in [0.25, 0.3) is 0 Å². The zero-order valence-electron chi connectivity index (χ0n) is 24.7. The summed E-state index contributed by atoms with van der Waals surface area (Å²) in [6.45, 7) is 4.35. The Morgan fingerprint density at radius 2 is 1.18 bits per heavy atom. The van der Waals surface area contributed by atoms with Crippen LogP contribution in [-0.2, 0) is 61.9 Å². The largest absolute Gasteiger partial charge is 0.456 e. The molecule has 3 rings (SSSR count). The van der Waals surface area contributed by atoms with Crippen LogP contribution in [0.3, 0.4) is 0 Å². The maximum absolute atomic E-state index is 12.0. The van der Waals surface area contributed by atoms with Gasteiger partial charge in [-0.1, -0.05) is 30.0 Å². The molecule has 0 saturated carbocycles. The van der Waals surface area contributed by atoms with Crippen LogP contribution in [0.25, 0.3) is 0 Å². The van der Waals surface area contributed by atoms with Gasteiger partial charge in [-0.15, -0.1) is 0 Å². The van der Waals surface area contributed by atoms with Gasteiger partial charge in [0.2, 0.25) is 0 Å². The van der Waals surface area contributed by atoms with E-state index >= 15 is 0 Å². The molecule has 0 radical (unpaired) electrons. The first-order valence-electron chi connectivity index (χ1n) is 13.6. The molecule has 2 N–H and O–H groups in total. The Bertz CT molecular complexity index is 1160. The number of hydrogen-bond acceptors (Lipinski definition) is 16. The van der Waals surface area contributed by atoms with E-state index in [4.69, 9.17) is 37.9 Å². The number of carbonyl (C=O) groups is 5. The third-order valence-corrected chi connectivity index (χ3v) is 7.48. The Hall–Kier alpha value is -3.28. The minimum absolute atomic E-state index is 0.483. The average Bonchev–Trinajstić information content (AvgIpc) is 2.93. The van der Waals surface area contributed by atoms with Crippen molar-refractivity contribution < 1.29 is 72.1 Å². The van der Waals surface area contributed by atoms with Crippen molar-refractivity contribution in [1.29, 1.82) is 0 Å². The lowest BCUT2D eigenvalue weighted by atomic mass is 9.97. The van der Waals surface area contributed by atoms with E-state index < -0.39 is 104 Å². The number of ether oxygens (including phenoxy) is 8. The summed E-state index contributed by atoms with van der Waals surface area (Å²) in [6, 6.07) is 8.91. The Balaban J connectivity index is 1.91. The van der Waals surface area contributed by atoms with Crippen LogP contribution in [0.2, 0.25) is 0 Å². The zero-order valence-corrected chi connectivity index (χ0v) is 25.5. The Kier molecular flexibility index (Phi) is 12.9. The highest BCUT2D eigenvalue weighted by molar-refractivity contribution is 7.99. The van der Waals surface area contributed by atoms with E-state index in [1.807, 2.05) is 0 Å². The molecular formula is C28H36O15S. The standard InChI is InChI=1S/C28H36O15S/c1-13(30)37-22-19(11-29)42-27(25(40-16(4)33)24(22)39-15(3)32)36-12-20-21(35)23(38-14(2)31)26(41-17(5)34)28(43-20)44-18-9-7-6-8-10-18/h6-10,19-29,35H,11-12H2,1-5H3/t19-,20-,21-,22-,23+,24+,25-,26-,27-,28+/m1/s1. The van der Waals surface area contributed by atoms with Crippen molar-refractivity contribution in [2.75, 3.05) is 13.2 Å². The van der Waals surface area contributed by atoms with Crippen molar-refractivity contribution in [3.63, 3.8) is 0 Å². The molecule has 0 bridgehead atoms. The molecule has 16 heteroatoms. The lowest BCUT2D eigenvalue weighted by Crippen LogP contribution is -2.64. The smallest absolute Gasteiger partial charge is 0.303 e. The summed E-state index contributed by atoms with van der Waals surface area (Å²) >= 11 is 1.14. The van der Waals surface area contributed by atoms with E-state index in [0.29, 0.717) is 4.90 Å². The monoisotopic (exact) mass is 644 g/mol. The Morgan fingerprint density at radius 1 is 0.682 bits per heavy atom. The molecule has 44 heavy (non-hydrogen) atoms. The maximum Gasteiger partial charge on any atom is 0.303 e. The van der Waals surface area contributed by atoms with Gasteiger partial charge in [-0.25, -0.2) is 0 Å². The molecule has 244 valence electrons. The van der Waals surface area contributed by atoms with Crippen LogP contribution in [-0.4, -0.2) is 114 Å². The number of benzene rings is 1. The highest BCUT2D eigenvalue weighted by Crippen LogP contribution is 2.37. The van der Waals surface area contributed by atoms with Crippen molar-refractivity contribution in [2.24, 2.45) is 0 Å². The number of thioether (sulfide) groups is 1. The number of esters is 5. The molecular weight excluding hydrogens is 608 g/mol. The van der Waals surface area contributed by atoms with E-state index in [1.54, 1.807) is 30.3 Å². The highest BCUT2D eigenvalue weighted by atomic mass is 32.2. The zero-order chi connectivity index (χ0) is 32.6. The van der Waals surface area contributed by atoms with Gasteiger partial charge < -0.3 is 48.1 Å². The van der Waals surface area contributed by atoms with E-state index in [9.17, 15) is 34.2 Å². The fourth-order valence-electron chi connectivity index (χ4n) is 4.73. The van der Waals surface area contributed by atoms with Crippen molar-refractivity contribution in [2.45, 2.75) is 100 Å². The minimum Gasteiger partial charge on any atom is -0.456 e. The quantitative estimate of drug-likeness (QED) is 0.245. The summed E-state index contributed by atoms with van der Waals surface area (Å²) in [7, 11) is 0. The topological polar surface area (TPSA) is 200 Å². The molecule has 0 aliphatic carbocycles. The summed E-state index contributed by atoms with van der Waals surface area (Å²) in [5.41, 5.74) is -0.994. The van der Waals surface area contributed by atoms with Gasteiger partial charge in [0, 0.05) is 39.5 Å². The molecule has 2 heterocycles. The number of rotatable bonds is 11. The first-order valence-corrected chi connectivity index (χ1v) is 14.5. The first-order chi connectivity index (χ1) is 20.8. The molecule has 0 spiro atoms. The third kappa shape index (κ3) is 9.61. The predicted molar refractivity (Wildman–Crippen MR) is 146 cm³/mol. The van der Waals surface area contributed by atoms with Crippen molar-refractivity contribution in [1.82, 2.24) is 0 Å². The van der Waals surface area contributed by atoms with Gasteiger partial charge in [0.1, 0.15) is 23.7 Å². The highest BCUT2D eigenvalue weighted by Gasteiger charge is 2.54. The summed E-state index contributed by atoms with van der Waals surface area (Å²) in [4.78, 5) is 60.4. The number of carbonyl (C=O) groups excluding carboxylic acids is 5. The first kappa shape index (κ1) is 35.2. The normalized spacial score (nSPS) is 31.7. The van der Waals surface area contributed by atoms with Crippen LogP contribution in [0.4, 0.5) is 0 Å². The molecule has 2 fully saturated rings. The maximum atomic E-state index is 12.0. The van der Waals surface area contributed by atoms with E-state index in [-0.39, 0.29) is 0 Å². The molecule has 2 aliphatic rings. The summed E-state index contributed by atoms with van der Waals surface area (Å²) in [5.74, 6) is -3.87. The second-order valence-electron chi connectivity index (χ2n) is 9.89. The molecule has 1 aromatic rings. The van der Waals surface area contributed by atoms with Crippen molar-refractivity contribution in [3.8, 4) is 0 Å². The lowest BCUT2D eigenvalue weighted by Gasteiger charge is -2.45. The minimum atomic E-state index is -1.58. The van der Waals surface area contributed by atoms with E-state index in [2.05, 4.69) is 0 Å². The van der Waals surface area contributed by atoms with Gasteiger partial charge in [0.15, 0.2) is 36.8 Å². The Morgan fingerprint density at radius 3 is 1.73 bits per heavy atom. The fraction of sp³-hybridized carbons (Fsp3) is 0.607. The van der Waals surface area contributed by atoms with Gasteiger partial charge in [0.05, 0.1) is 13.2 Å².